The van der Waals surface area contributed by atoms with Gasteiger partial charge in [-0.2, -0.15) is 5.10 Å². The third kappa shape index (κ3) is 3.06. The molecule has 1 aromatic rings. The zero-order chi connectivity index (χ0) is 12.1. The number of carbonyl (C=O) groups is 2. The summed E-state index contributed by atoms with van der Waals surface area (Å²) in [6.07, 6.45) is 2.79. The molecule has 0 bridgehead atoms. The highest BCUT2D eigenvalue weighted by atomic mass is 16.4. The Morgan fingerprint density at radius 1 is 1.62 bits per heavy atom. The van der Waals surface area contributed by atoms with Crippen LogP contribution in [-0.2, 0) is 11.8 Å². The first-order valence-corrected chi connectivity index (χ1v) is 4.67. The van der Waals surface area contributed by atoms with Crippen molar-refractivity contribution in [1.29, 1.82) is 0 Å². The van der Waals surface area contributed by atoms with Gasteiger partial charge in [0.05, 0.1) is 11.8 Å². The lowest BCUT2D eigenvalue weighted by Gasteiger charge is -2.11. The number of carboxylic acids is 1. The SMILES string of the molecule is Cn1cc(C(=O)N[C@H](CCO)C(=O)O)cn1. The van der Waals surface area contributed by atoms with Crippen molar-refractivity contribution in [2.75, 3.05) is 6.61 Å². The summed E-state index contributed by atoms with van der Waals surface area (Å²) in [5.41, 5.74) is 0.284. The molecule has 1 heterocycles. The summed E-state index contributed by atoms with van der Waals surface area (Å²) in [5.74, 6) is -1.69. The van der Waals surface area contributed by atoms with Crippen molar-refractivity contribution < 1.29 is 19.8 Å². The number of aliphatic hydroxyl groups is 1. The highest BCUT2D eigenvalue weighted by Crippen LogP contribution is 1.99. The molecule has 7 heteroatoms. The average molecular weight is 227 g/mol. The summed E-state index contributed by atoms with van der Waals surface area (Å²) >= 11 is 0. The third-order valence-corrected chi connectivity index (χ3v) is 1.99. The second-order valence-corrected chi connectivity index (χ2v) is 3.28. The van der Waals surface area contributed by atoms with Crippen LogP contribution in [0.25, 0.3) is 0 Å². The second-order valence-electron chi connectivity index (χ2n) is 3.28. The quantitative estimate of drug-likeness (QED) is 0.597. The van der Waals surface area contributed by atoms with E-state index in [1.54, 1.807) is 7.05 Å². The summed E-state index contributed by atoms with van der Waals surface area (Å²) in [6, 6.07) is -1.09. The van der Waals surface area contributed by atoms with Crippen LogP contribution in [0, 0.1) is 0 Å². The van der Waals surface area contributed by atoms with Gasteiger partial charge in [-0.1, -0.05) is 0 Å². The Bertz CT molecular complexity index is 388. The number of aromatic nitrogens is 2. The predicted molar refractivity (Wildman–Crippen MR) is 53.8 cm³/mol. The van der Waals surface area contributed by atoms with Crippen LogP contribution in [0.1, 0.15) is 16.8 Å². The Kier molecular flexibility index (Phi) is 4.01. The van der Waals surface area contributed by atoms with E-state index in [0.717, 1.165) is 0 Å². The van der Waals surface area contributed by atoms with E-state index in [1.165, 1.54) is 17.1 Å². The topological polar surface area (TPSA) is 104 Å². The molecule has 16 heavy (non-hydrogen) atoms. The number of aryl methyl sites for hydroxylation is 1. The van der Waals surface area contributed by atoms with Gasteiger partial charge in [0.15, 0.2) is 0 Å². The minimum Gasteiger partial charge on any atom is -0.480 e. The van der Waals surface area contributed by atoms with Crippen LogP contribution in [0.3, 0.4) is 0 Å². The van der Waals surface area contributed by atoms with E-state index < -0.39 is 17.9 Å². The van der Waals surface area contributed by atoms with E-state index in [1.807, 2.05) is 0 Å². The van der Waals surface area contributed by atoms with Gasteiger partial charge in [0.1, 0.15) is 6.04 Å². The van der Waals surface area contributed by atoms with Crippen molar-refractivity contribution in [2.24, 2.45) is 7.05 Å². The van der Waals surface area contributed by atoms with Crippen molar-refractivity contribution in [1.82, 2.24) is 15.1 Å². The maximum Gasteiger partial charge on any atom is 0.326 e. The fourth-order valence-corrected chi connectivity index (χ4v) is 1.17. The van der Waals surface area contributed by atoms with Gasteiger partial charge in [0.2, 0.25) is 0 Å². The highest BCUT2D eigenvalue weighted by molar-refractivity contribution is 5.96. The van der Waals surface area contributed by atoms with Gasteiger partial charge in [-0.25, -0.2) is 4.79 Å². The van der Waals surface area contributed by atoms with Crippen molar-refractivity contribution in [3.8, 4) is 0 Å². The molecule has 88 valence electrons. The smallest absolute Gasteiger partial charge is 0.326 e. The number of rotatable bonds is 5. The minimum atomic E-state index is -1.17. The van der Waals surface area contributed by atoms with Gasteiger partial charge in [0, 0.05) is 26.3 Å². The monoisotopic (exact) mass is 227 g/mol. The Balaban J connectivity index is 2.65. The van der Waals surface area contributed by atoms with E-state index >= 15 is 0 Å². The molecule has 0 unspecified atom stereocenters. The van der Waals surface area contributed by atoms with Gasteiger partial charge in [-0.05, 0) is 0 Å². The molecule has 1 rings (SSSR count). The van der Waals surface area contributed by atoms with Crippen LogP contribution in [0.2, 0.25) is 0 Å². The molecule has 1 amide bonds. The number of carboxylic acid groups (broad SMARTS) is 1. The molecule has 0 spiro atoms. The van der Waals surface area contributed by atoms with E-state index in [4.69, 9.17) is 10.2 Å². The summed E-state index contributed by atoms with van der Waals surface area (Å²) in [6.45, 7) is -0.301. The summed E-state index contributed by atoms with van der Waals surface area (Å²) in [7, 11) is 1.65. The summed E-state index contributed by atoms with van der Waals surface area (Å²) in [4.78, 5) is 22.3. The molecule has 0 aliphatic rings. The number of nitrogens with zero attached hydrogens (tertiary/aromatic N) is 2. The van der Waals surface area contributed by atoms with E-state index in [9.17, 15) is 9.59 Å². The van der Waals surface area contributed by atoms with Gasteiger partial charge < -0.3 is 15.5 Å². The van der Waals surface area contributed by atoms with Crippen LogP contribution in [0.15, 0.2) is 12.4 Å². The molecule has 1 atom stereocenters. The first-order valence-electron chi connectivity index (χ1n) is 4.67. The molecule has 7 nitrogen and oxygen atoms in total. The van der Waals surface area contributed by atoms with Crippen molar-refractivity contribution in [2.45, 2.75) is 12.5 Å². The minimum absolute atomic E-state index is 0.0265. The van der Waals surface area contributed by atoms with Crippen LogP contribution in [0.5, 0.6) is 0 Å². The number of nitrogens with one attached hydrogen (secondary N) is 1. The van der Waals surface area contributed by atoms with E-state index in [-0.39, 0.29) is 18.6 Å². The van der Waals surface area contributed by atoms with Crippen molar-refractivity contribution in [3.63, 3.8) is 0 Å². The largest absolute Gasteiger partial charge is 0.480 e. The van der Waals surface area contributed by atoms with E-state index in [2.05, 4.69) is 10.4 Å². The molecule has 1 aromatic heterocycles. The molecule has 3 N–H and O–H groups in total. The fraction of sp³-hybridized carbons (Fsp3) is 0.444. The van der Waals surface area contributed by atoms with Crippen LogP contribution in [-0.4, -0.2) is 44.5 Å². The average Bonchev–Trinajstić information content (AvgIpc) is 2.64. The molecule has 0 radical (unpaired) electrons. The molecule has 0 aliphatic heterocycles. The number of amides is 1. The Morgan fingerprint density at radius 3 is 2.75 bits per heavy atom. The number of hydrogen-bond acceptors (Lipinski definition) is 4. The number of aliphatic hydroxyl groups excluding tert-OH is 1. The van der Waals surface area contributed by atoms with Crippen molar-refractivity contribution in [3.05, 3.63) is 18.0 Å². The highest BCUT2D eigenvalue weighted by Gasteiger charge is 2.20. The maximum atomic E-state index is 11.5. The Hall–Kier alpha value is -1.89. The summed E-state index contributed by atoms with van der Waals surface area (Å²) < 4.78 is 1.44. The van der Waals surface area contributed by atoms with Gasteiger partial charge in [0.25, 0.3) is 5.91 Å². The van der Waals surface area contributed by atoms with Gasteiger partial charge >= 0.3 is 5.97 Å². The number of carbonyl (C=O) groups excluding carboxylic acids is 1. The molecular weight excluding hydrogens is 214 g/mol. The second kappa shape index (κ2) is 5.26. The first kappa shape index (κ1) is 12.2. The van der Waals surface area contributed by atoms with E-state index in [0.29, 0.717) is 0 Å². The zero-order valence-electron chi connectivity index (χ0n) is 8.75. The van der Waals surface area contributed by atoms with Crippen molar-refractivity contribution >= 4 is 11.9 Å². The number of hydrogen-bond donors (Lipinski definition) is 3. The summed E-state index contributed by atoms with van der Waals surface area (Å²) in [5, 5.41) is 23.5. The molecular formula is C9H13N3O4. The first-order chi connectivity index (χ1) is 7.54. The van der Waals surface area contributed by atoms with Gasteiger partial charge in [-0.3, -0.25) is 9.48 Å². The maximum absolute atomic E-state index is 11.5. The Morgan fingerprint density at radius 2 is 2.31 bits per heavy atom. The van der Waals surface area contributed by atoms with Crippen LogP contribution >= 0.6 is 0 Å². The lowest BCUT2D eigenvalue weighted by atomic mass is 10.2. The molecule has 0 saturated heterocycles. The molecule has 0 aliphatic carbocycles. The molecule has 0 saturated carbocycles. The molecule has 0 aromatic carbocycles. The number of aliphatic carboxylic acids is 1. The van der Waals surface area contributed by atoms with Gasteiger partial charge in [-0.15, -0.1) is 0 Å². The zero-order valence-corrected chi connectivity index (χ0v) is 8.75. The predicted octanol–water partition coefficient (Wildman–Crippen LogP) is -1.01. The van der Waals surface area contributed by atoms with Crippen LogP contribution < -0.4 is 5.32 Å². The molecule has 0 fully saturated rings. The third-order valence-electron chi connectivity index (χ3n) is 1.99. The lowest BCUT2D eigenvalue weighted by molar-refractivity contribution is -0.139. The normalized spacial score (nSPS) is 12.1. The Labute approximate surface area is 91.7 Å². The lowest BCUT2D eigenvalue weighted by Crippen LogP contribution is -2.41. The standard InChI is InChI=1S/C9H13N3O4/c1-12-5-6(4-10-12)8(14)11-7(2-3-13)9(15)16/h4-5,7,13H,2-3H2,1H3,(H,11,14)(H,15,16)/t7-/m1/s1. The fourth-order valence-electron chi connectivity index (χ4n) is 1.17. The van der Waals surface area contributed by atoms with Crippen LogP contribution in [0.4, 0.5) is 0 Å².